The summed E-state index contributed by atoms with van der Waals surface area (Å²) in [5.41, 5.74) is 3.69. The number of aromatic nitrogens is 2. The van der Waals surface area contributed by atoms with E-state index in [9.17, 15) is 27.6 Å². The maximum atomic E-state index is 12.7. The molecule has 1 aromatic carbocycles. The Morgan fingerprint density at radius 2 is 1.85 bits per heavy atom. The lowest BCUT2D eigenvalue weighted by atomic mass is 10.1. The number of benzene rings is 1. The Balaban J connectivity index is 1.64. The van der Waals surface area contributed by atoms with Gasteiger partial charge in [-0.3, -0.25) is 19.4 Å². The number of nitrogen functional groups attached to an aromatic ring is 1. The minimum absolute atomic E-state index is 0.0130. The molecule has 2 amide bonds. The van der Waals surface area contributed by atoms with E-state index in [1.165, 1.54) is 0 Å². The van der Waals surface area contributed by atoms with Gasteiger partial charge in [-0.1, -0.05) is 11.8 Å². The van der Waals surface area contributed by atoms with E-state index >= 15 is 0 Å². The Labute approximate surface area is 190 Å². The number of nitrogens with one attached hydrogen (secondary N) is 2. The largest absolute Gasteiger partial charge is 0.416 e. The quantitative estimate of drug-likeness (QED) is 0.438. The summed E-state index contributed by atoms with van der Waals surface area (Å²) in [4.78, 5) is 45.3. The number of carbonyl (C=O) groups is 2. The summed E-state index contributed by atoms with van der Waals surface area (Å²) in [6.07, 6.45) is -4.69. The molecule has 1 aromatic heterocycles. The number of hydrogen-bond acceptors (Lipinski definition) is 7. The van der Waals surface area contributed by atoms with Crippen molar-refractivity contribution in [1.82, 2.24) is 14.9 Å². The van der Waals surface area contributed by atoms with Crippen LogP contribution in [0.25, 0.3) is 0 Å². The molecule has 9 nitrogen and oxygen atoms in total. The van der Waals surface area contributed by atoms with Crippen LogP contribution in [0.2, 0.25) is 0 Å². The monoisotopic (exact) mass is 485 g/mol. The van der Waals surface area contributed by atoms with Gasteiger partial charge in [-0.05, 0) is 38.1 Å². The Morgan fingerprint density at radius 1 is 1.24 bits per heavy atom. The standard InChI is InChI=1S/C20H22F3N5O4S/c1-10-7-28(8-11(2)32-10)14(29)9-33-19-26-16(24)15(18(31)27-19)25-17(30)12-3-5-13(6-4-12)20(21,22)23/h3-6,10-11H,7-9H2,1-2H3,(H,25,30)(H3,24,26,27,31). The molecule has 1 fully saturated rings. The maximum Gasteiger partial charge on any atom is 0.416 e. The highest BCUT2D eigenvalue weighted by atomic mass is 32.2. The highest BCUT2D eigenvalue weighted by Crippen LogP contribution is 2.29. The Hall–Kier alpha value is -3.06. The van der Waals surface area contributed by atoms with Gasteiger partial charge in [0.15, 0.2) is 11.0 Å². The first-order valence-electron chi connectivity index (χ1n) is 9.88. The van der Waals surface area contributed by atoms with E-state index < -0.39 is 23.2 Å². The summed E-state index contributed by atoms with van der Waals surface area (Å²) in [6, 6.07) is 3.49. The zero-order valence-electron chi connectivity index (χ0n) is 17.7. The zero-order chi connectivity index (χ0) is 24.3. The van der Waals surface area contributed by atoms with Gasteiger partial charge >= 0.3 is 6.18 Å². The molecule has 33 heavy (non-hydrogen) atoms. The van der Waals surface area contributed by atoms with Gasteiger partial charge < -0.3 is 20.7 Å². The topological polar surface area (TPSA) is 130 Å². The van der Waals surface area contributed by atoms with Crippen molar-refractivity contribution in [2.24, 2.45) is 0 Å². The number of carbonyl (C=O) groups excluding carboxylic acids is 2. The lowest BCUT2D eigenvalue weighted by Gasteiger charge is -2.35. The number of halogens is 3. The van der Waals surface area contributed by atoms with E-state index in [2.05, 4.69) is 15.3 Å². The van der Waals surface area contributed by atoms with Gasteiger partial charge in [-0.15, -0.1) is 0 Å². The molecule has 3 rings (SSSR count). The van der Waals surface area contributed by atoms with Crippen LogP contribution >= 0.6 is 11.8 Å². The van der Waals surface area contributed by atoms with Crippen molar-refractivity contribution in [2.45, 2.75) is 37.4 Å². The number of ether oxygens (including phenoxy) is 1. The first kappa shape index (κ1) is 24.6. The third-order valence-corrected chi connectivity index (χ3v) is 5.60. The average Bonchev–Trinajstić information content (AvgIpc) is 2.73. The molecule has 2 heterocycles. The molecule has 4 N–H and O–H groups in total. The first-order chi connectivity index (χ1) is 15.4. The van der Waals surface area contributed by atoms with Crippen molar-refractivity contribution in [3.05, 3.63) is 45.7 Å². The number of morpholine rings is 1. The van der Waals surface area contributed by atoms with Crippen molar-refractivity contribution in [3.63, 3.8) is 0 Å². The fraction of sp³-hybridized carbons (Fsp3) is 0.400. The number of hydrogen-bond donors (Lipinski definition) is 3. The Bertz CT molecular complexity index is 1080. The van der Waals surface area contributed by atoms with Crippen LogP contribution in [-0.2, 0) is 15.7 Å². The average molecular weight is 485 g/mol. The van der Waals surface area contributed by atoms with Crippen LogP contribution < -0.4 is 16.6 Å². The van der Waals surface area contributed by atoms with Gasteiger partial charge in [0.1, 0.15) is 5.69 Å². The van der Waals surface area contributed by atoms with Crippen LogP contribution in [-0.4, -0.2) is 57.7 Å². The molecule has 2 atom stereocenters. The molecule has 0 saturated carbocycles. The number of thioether (sulfide) groups is 1. The van der Waals surface area contributed by atoms with Crippen molar-refractivity contribution in [2.75, 3.05) is 29.9 Å². The van der Waals surface area contributed by atoms with Crippen LogP contribution in [0.4, 0.5) is 24.7 Å². The highest BCUT2D eigenvalue weighted by Gasteiger charge is 2.30. The number of aromatic amines is 1. The minimum atomic E-state index is -4.53. The number of H-pyrrole nitrogens is 1. The van der Waals surface area contributed by atoms with Crippen LogP contribution in [0.5, 0.6) is 0 Å². The SMILES string of the molecule is CC1CN(C(=O)CSc2nc(N)c(NC(=O)c3ccc(C(F)(F)F)cc3)c(=O)[nH]2)CC(C)O1. The Morgan fingerprint density at radius 3 is 2.39 bits per heavy atom. The second-order valence-electron chi connectivity index (χ2n) is 7.51. The molecular formula is C20H22F3N5O4S. The molecule has 2 unspecified atom stereocenters. The van der Waals surface area contributed by atoms with Crippen LogP contribution in [0, 0.1) is 0 Å². The van der Waals surface area contributed by atoms with Crippen LogP contribution in [0.15, 0.2) is 34.2 Å². The van der Waals surface area contributed by atoms with Gasteiger partial charge in [0.2, 0.25) is 5.91 Å². The number of nitrogens with two attached hydrogens (primary N) is 1. The van der Waals surface area contributed by atoms with E-state index in [1.807, 2.05) is 13.8 Å². The fourth-order valence-corrected chi connectivity index (χ4v) is 4.03. The summed E-state index contributed by atoms with van der Waals surface area (Å²) in [6.45, 7) is 4.68. The molecule has 2 aromatic rings. The molecular weight excluding hydrogens is 463 g/mol. The van der Waals surface area contributed by atoms with Crippen molar-refractivity contribution < 1.29 is 27.5 Å². The molecule has 1 aliphatic heterocycles. The van der Waals surface area contributed by atoms with Gasteiger partial charge in [0.25, 0.3) is 11.5 Å². The van der Waals surface area contributed by atoms with Crippen molar-refractivity contribution in [3.8, 4) is 0 Å². The summed E-state index contributed by atoms with van der Waals surface area (Å²) in [5, 5.41) is 2.35. The van der Waals surface area contributed by atoms with E-state index in [4.69, 9.17) is 10.5 Å². The number of amides is 2. The van der Waals surface area contributed by atoms with Crippen LogP contribution in [0.1, 0.15) is 29.8 Å². The molecule has 0 bridgehead atoms. The number of nitrogens with zero attached hydrogens (tertiary/aromatic N) is 2. The molecule has 0 aliphatic carbocycles. The first-order valence-corrected chi connectivity index (χ1v) is 10.9. The van der Waals surface area contributed by atoms with E-state index in [0.29, 0.717) is 13.1 Å². The number of alkyl halides is 3. The minimum Gasteiger partial charge on any atom is -0.382 e. The molecule has 1 aliphatic rings. The number of rotatable bonds is 5. The van der Waals surface area contributed by atoms with E-state index in [-0.39, 0.29) is 46.1 Å². The third-order valence-electron chi connectivity index (χ3n) is 4.74. The van der Waals surface area contributed by atoms with Gasteiger partial charge in [0, 0.05) is 18.7 Å². The summed E-state index contributed by atoms with van der Waals surface area (Å²) in [5.74, 6) is -1.25. The molecule has 0 radical (unpaired) electrons. The van der Waals surface area contributed by atoms with Crippen LogP contribution in [0.3, 0.4) is 0 Å². The van der Waals surface area contributed by atoms with Crippen molar-refractivity contribution >= 4 is 35.1 Å². The van der Waals surface area contributed by atoms with Gasteiger partial charge in [-0.2, -0.15) is 13.2 Å². The van der Waals surface area contributed by atoms with Crippen molar-refractivity contribution in [1.29, 1.82) is 0 Å². The number of anilines is 2. The summed E-state index contributed by atoms with van der Waals surface area (Å²) < 4.78 is 43.6. The second kappa shape index (κ2) is 9.83. The lowest BCUT2D eigenvalue weighted by molar-refractivity contribution is -0.140. The summed E-state index contributed by atoms with van der Waals surface area (Å²) in [7, 11) is 0. The third kappa shape index (κ3) is 6.26. The van der Waals surface area contributed by atoms with Gasteiger partial charge in [-0.25, -0.2) is 4.98 Å². The normalized spacial score (nSPS) is 18.8. The molecule has 13 heteroatoms. The predicted octanol–water partition coefficient (Wildman–Crippen LogP) is 2.35. The smallest absolute Gasteiger partial charge is 0.382 e. The second-order valence-corrected chi connectivity index (χ2v) is 8.47. The molecule has 178 valence electrons. The Kier molecular flexibility index (Phi) is 7.32. The van der Waals surface area contributed by atoms with Gasteiger partial charge in [0.05, 0.1) is 23.5 Å². The molecule has 0 spiro atoms. The fourth-order valence-electron chi connectivity index (χ4n) is 3.26. The van der Waals surface area contributed by atoms with E-state index in [0.717, 1.165) is 36.0 Å². The van der Waals surface area contributed by atoms with E-state index in [1.54, 1.807) is 4.90 Å². The zero-order valence-corrected chi connectivity index (χ0v) is 18.5. The summed E-state index contributed by atoms with van der Waals surface area (Å²) >= 11 is 0.983. The predicted molar refractivity (Wildman–Crippen MR) is 116 cm³/mol. The molecule has 1 saturated heterocycles. The maximum absolute atomic E-state index is 12.7. The highest BCUT2D eigenvalue weighted by molar-refractivity contribution is 7.99. The lowest BCUT2D eigenvalue weighted by Crippen LogP contribution is -2.48.